The molecule has 0 aromatic rings. The number of carbonyl (C=O) groups is 1. The van der Waals surface area contributed by atoms with E-state index in [0.29, 0.717) is 11.5 Å². The lowest BCUT2D eigenvalue weighted by Crippen LogP contribution is -2.66. The van der Waals surface area contributed by atoms with E-state index in [4.69, 9.17) is 4.74 Å². The number of esters is 1. The van der Waals surface area contributed by atoms with Crippen LogP contribution in [0.15, 0.2) is 22.3 Å². The molecule has 6 unspecified atom stereocenters. The first kappa shape index (κ1) is 15.9. The van der Waals surface area contributed by atoms with Gasteiger partial charge in [0.2, 0.25) is 0 Å². The van der Waals surface area contributed by atoms with Gasteiger partial charge < -0.3 is 4.74 Å². The topological polar surface area (TPSA) is 29.5 Å². The largest absolute Gasteiger partial charge is 0.466 e. The lowest BCUT2D eigenvalue weighted by Gasteiger charge is -2.65. The van der Waals surface area contributed by atoms with Crippen LogP contribution in [0.2, 0.25) is 0 Å². The first-order chi connectivity index (χ1) is 12.5. The second-order valence-electron chi connectivity index (χ2n) is 10.3. The summed E-state index contributed by atoms with van der Waals surface area (Å²) in [5.41, 5.74) is 6.42. The van der Waals surface area contributed by atoms with Gasteiger partial charge in [0.15, 0.2) is 0 Å². The van der Waals surface area contributed by atoms with E-state index in [1.807, 2.05) is 0 Å². The number of hydrogen-bond donors (Lipinski definition) is 0. The summed E-state index contributed by atoms with van der Waals surface area (Å²) in [6, 6.07) is 0.658. The standard InChI is InChI=1S/C23H31NO2/c1-13-11-24-12-15-6-4-14-5-7-17-18(21(25)26-3)10-23(19(14)17)20(24)16(13)8-9-22(15,23)2/h13,15-16,20H,4-12H2,1-3H3. The molecule has 2 saturated heterocycles. The Hall–Kier alpha value is -1.09. The molecule has 6 aliphatic rings. The fraction of sp³-hybridized carbons (Fsp3) is 0.783. The van der Waals surface area contributed by atoms with Crippen LogP contribution >= 0.6 is 0 Å². The van der Waals surface area contributed by atoms with Crippen molar-refractivity contribution in [2.75, 3.05) is 20.2 Å². The van der Waals surface area contributed by atoms with Crippen molar-refractivity contribution in [3.05, 3.63) is 22.3 Å². The summed E-state index contributed by atoms with van der Waals surface area (Å²) in [4.78, 5) is 15.6. The molecular formula is C23H31NO2. The number of hydrogen-bond acceptors (Lipinski definition) is 3. The van der Waals surface area contributed by atoms with Gasteiger partial charge in [0, 0.05) is 30.1 Å². The van der Waals surface area contributed by atoms with E-state index in [2.05, 4.69) is 18.7 Å². The molecule has 2 aliphatic heterocycles. The highest BCUT2D eigenvalue weighted by molar-refractivity contribution is 5.93. The van der Waals surface area contributed by atoms with Crippen LogP contribution in [0, 0.1) is 28.6 Å². The highest BCUT2D eigenvalue weighted by atomic mass is 16.5. The molecule has 3 nitrogen and oxygen atoms in total. The van der Waals surface area contributed by atoms with Gasteiger partial charge in [0.25, 0.3) is 0 Å². The maximum Gasteiger partial charge on any atom is 0.334 e. The van der Waals surface area contributed by atoms with Crippen molar-refractivity contribution in [1.29, 1.82) is 0 Å². The zero-order valence-electron chi connectivity index (χ0n) is 16.4. The number of allylic oxidation sites excluding steroid dienone is 2. The molecular weight excluding hydrogens is 322 g/mol. The third kappa shape index (κ3) is 1.53. The molecule has 1 saturated carbocycles. The van der Waals surface area contributed by atoms with Crippen molar-refractivity contribution in [2.24, 2.45) is 28.6 Å². The molecule has 6 atom stereocenters. The number of ether oxygens (including phenoxy) is 1. The molecule has 0 amide bonds. The Morgan fingerprint density at radius 2 is 2.04 bits per heavy atom. The second kappa shape index (κ2) is 4.84. The highest BCUT2D eigenvalue weighted by Crippen LogP contribution is 2.75. The van der Waals surface area contributed by atoms with Gasteiger partial charge in [-0.15, -0.1) is 0 Å². The maximum atomic E-state index is 12.7. The van der Waals surface area contributed by atoms with Gasteiger partial charge in [-0.05, 0) is 79.3 Å². The Labute approximate surface area is 156 Å². The van der Waals surface area contributed by atoms with E-state index in [9.17, 15) is 4.79 Å². The van der Waals surface area contributed by atoms with Crippen LogP contribution in [-0.4, -0.2) is 37.1 Å². The highest BCUT2D eigenvalue weighted by Gasteiger charge is 2.72. The molecule has 0 N–H and O–H groups in total. The summed E-state index contributed by atoms with van der Waals surface area (Å²) in [7, 11) is 1.56. The quantitative estimate of drug-likeness (QED) is 0.665. The fourth-order valence-corrected chi connectivity index (χ4v) is 8.76. The van der Waals surface area contributed by atoms with Crippen molar-refractivity contribution in [3.8, 4) is 0 Å². The van der Waals surface area contributed by atoms with Crippen molar-refractivity contribution >= 4 is 5.97 Å². The van der Waals surface area contributed by atoms with Gasteiger partial charge in [-0.2, -0.15) is 0 Å². The van der Waals surface area contributed by atoms with Gasteiger partial charge in [0.05, 0.1) is 7.11 Å². The molecule has 0 aromatic carbocycles. The van der Waals surface area contributed by atoms with Gasteiger partial charge in [-0.1, -0.05) is 19.4 Å². The van der Waals surface area contributed by atoms with E-state index < -0.39 is 0 Å². The summed E-state index contributed by atoms with van der Waals surface area (Å²) in [6.45, 7) is 7.66. The van der Waals surface area contributed by atoms with Crippen molar-refractivity contribution in [3.63, 3.8) is 0 Å². The molecule has 2 heterocycles. The van der Waals surface area contributed by atoms with Crippen LogP contribution in [0.25, 0.3) is 0 Å². The minimum atomic E-state index is -0.0459. The Morgan fingerprint density at radius 1 is 1.19 bits per heavy atom. The summed E-state index contributed by atoms with van der Waals surface area (Å²) in [6.07, 6.45) is 8.63. The van der Waals surface area contributed by atoms with E-state index in [-0.39, 0.29) is 11.4 Å². The number of carbonyl (C=O) groups excluding carboxylic acids is 1. The van der Waals surface area contributed by atoms with Crippen LogP contribution < -0.4 is 0 Å². The molecule has 140 valence electrons. The zero-order chi connectivity index (χ0) is 17.8. The zero-order valence-corrected chi connectivity index (χ0v) is 16.4. The Kier molecular flexibility index (Phi) is 2.96. The van der Waals surface area contributed by atoms with Crippen molar-refractivity contribution in [1.82, 2.24) is 4.90 Å². The van der Waals surface area contributed by atoms with Gasteiger partial charge in [-0.3, -0.25) is 4.90 Å². The lowest BCUT2D eigenvalue weighted by molar-refractivity contribution is -0.143. The normalized spacial score (nSPS) is 48.7. The molecule has 1 spiro atoms. The van der Waals surface area contributed by atoms with E-state index in [1.54, 1.807) is 18.3 Å². The third-order valence-corrected chi connectivity index (χ3v) is 9.75. The van der Waals surface area contributed by atoms with Crippen molar-refractivity contribution < 1.29 is 9.53 Å². The van der Waals surface area contributed by atoms with Crippen LogP contribution in [0.1, 0.15) is 58.8 Å². The molecule has 0 aromatic heterocycles. The fourth-order valence-electron chi connectivity index (χ4n) is 8.76. The van der Waals surface area contributed by atoms with Gasteiger partial charge in [-0.25, -0.2) is 4.79 Å². The number of methoxy groups -OCH3 is 1. The predicted molar refractivity (Wildman–Crippen MR) is 100 cm³/mol. The molecule has 3 heteroatoms. The predicted octanol–water partition coefficient (Wildman–Crippen LogP) is 4.10. The summed E-state index contributed by atoms with van der Waals surface area (Å²) >= 11 is 0. The van der Waals surface area contributed by atoms with Crippen LogP contribution in [0.3, 0.4) is 0 Å². The van der Waals surface area contributed by atoms with E-state index in [0.717, 1.165) is 36.2 Å². The monoisotopic (exact) mass is 353 g/mol. The molecule has 4 aliphatic carbocycles. The van der Waals surface area contributed by atoms with Gasteiger partial charge >= 0.3 is 5.97 Å². The van der Waals surface area contributed by atoms with Crippen LogP contribution in [-0.2, 0) is 9.53 Å². The first-order valence-corrected chi connectivity index (χ1v) is 10.8. The Morgan fingerprint density at radius 3 is 2.85 bits per heavy atom. The van der Waals surface area contributed by atoms with Crippen LogP contribution in [0.4, 0.5) is 0 Å². The Bertz CT molecular complexity index is 779. The molecule has 0 radical (unpaired) electrons. The number of nitrogens with zero attached hydrogens (tertiary/aromatic N) is 1. The summed E-state index contributed by atoms with van der Waals surface area (Å²) < 4.78 is 5.27. The second-order valence-corrected chi connectivity index (χ2v) is 10.3. The summed E-state index contributed by atoms with van der Waals surface area (Å²) in [5.74, 6) is 2.36. The molecule has 4 bridgehead atoms. The number of piperidine rings is 1. The average molecular weight is 354 g/mol. The van der Waals surface area contributed by atoms with E-state index >= 15 is 0 Å². The van der Waals surface area contributed by atoms with E-state index in [1.165, 1.54) is 50.8 Å². The minimum absolute atomic E-state index is 0.0459. The third-order valence-electron chi connectivity index (χ3n) is 9.75. The van der Waals surface area contributed by atoms with Crippen molar-refractivity contribution in [2.45, 2.75) is 64.8 Å². The van der Waals surface area contributed by atoms with Crippen LogP contribution in [0.5, 0.6) is 0 Å². The Balaban J connectivity index is 1.63. The molecule has 6 rings (SSSR count). The minimum Gasteiger partial charge on any atom is -0.466 e. The SMILES string of the molecule is COC(=O)C1=C2CCC3=C2C2(C1)C1C4CCC2(C)C(CC3)CN1CC4C. The lowest BCUT2D eigenvalue weighted by atomic mass is 9.44. The molecule has 26 heavy (non-hydrogen) atoms. The molecule has 3 fully saturated rings. The smallest absolute Gasteiger partial charge is 0.334 e. The number of rotatable bonds is 1. The average Bonchev–Trinajstić information content (AvgIpc) is 3.26. The summed E-state index contributed by atoms with van der Waals surface area (Å²) in [5, 5.41) is 0. The first-order valence-electron chi connectivity index (χ1n) is 10.8. The van der Waals surface area contributed by atoms with Gasteiger partial charge in [0.1, 0.15) is 0 Å². The maximum absolute atomic E-state index is 12.7.